The first-order chi connectivity index (χ1) is 10.7. The molecule has 0 radical (unpaired) electrons. The topological polar surface area (TPSA) is 41.5 Å². The van der Waals surface area contributed by atoms with Gasteiger partial charge in [0.25, 0.3) is 0 Å². The second-order valence-electron chi connectivity index (χ2n) is 6.14. The standard InChI is InChI=1S/C19H27NO2/c1-4-16(12-21)20-11-18-17-8-6-5-7-15(17)9-10-19(18)22-13-14(2)3/h5-10,14,16,20-21H,4,11-13H2,1-3H3. The van der Waals surface area contributed by atoms with E-state index in [-0.39, 0.29) is 12.6 Å². The lowest BCUT2D eigenvalue weighted by Gasteiger charge is -2.19. The number of hydrogen-bond acceptors (Lipinski definition) is 3. The van der Waals surface area contributed by atoms with E-state index < -0.39 is 0 Å². The van der Waals surface area contributed by atoms with Crippen LogP contribution in [0.2, 0.25) is 0 Å². The third-order valence-electron chi connectivity index (χ3n) is 3.85. The average Bonchev–Trinajstić information content (AvgIpc) is 2.54. The smallest absolute Gasteiger partial charge is 0.124 e. The summed E-state index contributed by atoms with van der Waals surface area (Å²) in [6.45, 7) is 7.95. The van der Waals surface area contributed by atoms with Crippen LogP contribution in [0.4, 0.5) is 0 Å². The van der Waals surface area contributed by atoms with Gasteiger partial charge in [0.2, 0.25) is 0 Å². The Bertz CT molecular complexity index is 591. The molecule has 0 aliphatic carbocycles. The first-order valence-electron chi connectivity index (χ1n) is 8.13. The maximum atomic E-state index is 9.37. The number of benzene rings is 2. The minimum absolute atomic E-state index is 0.122. The number of rotatable bonds is 8. The van der Waals surface area contributed by atoms with Crippen molar-refractivity contribution in [1.82, 2.24) is 5.32 Å². The summed E-state index contributed by atoms with van der Waals surface area (Å²) in [5.41, 5.74) is 1.17. The van der Waals surface area contributed by atoms with Crippen LogP contribution in [0.25, 0.3) is 10.8 Å². The molecule has 0 spiro atoms. The summed E-state index contributed by atoms with van der Waals surface area (Å²) >= 11 is 0. The number of aliphatic hydroxyl groups excluding tert-OH is 1. The van der Waals surface area contributed by atoms with Gasteiger partial charge in [-0.2, -0.15) is 0 Å². The van der Waals surface area contributed by atoms with Gasteiger partial charge in [-0.3, -0.25) is 0 Å². The van der Waals surface area contributed by atoms with E-state index in [9.17, 15) is 5.11 Å². The van der Waals surface area contributed by atoms with Crippen LogP contribution in [0.3, 0.4) is 0 Å². The number of fused-ring (bicyclic) bond motifs is 1. The van der Waals surface area contributed by atoms with Crippen LogP contribution < -0.4 is 10.1 Å². The molecule has 0 saturated heterocycles. The summed E-state index contributed by atoms with van der Waals surface area (Å²) in [6.07, 6.45) is 0.906. The Morgan fingerprint density at radius 2 is 1.91 bits per heavy atom. The molecule has 2 rings (SSSR count). The molecule has 0 amide bonds. The van der Waals surface area contributed by atoms with Gasteiger partial charge >= 0.3 is 0 Å². The van der Waals surface area contributed by atoms with Crippen LogP contribution in [0, 0.1) is 5.92 Å². The number of aliphatic hydroxyl groups is 1. The third-order valence-corrected chi connectivity index (χ3v) is 3.85. The monoisotopic (exact) mass is 301 g/mol. The minimum Gasteiger partial charge on any atom is -0.493 e. The largest absolute Gasteiger partial charge is 0.493 e. The van der Waals surface area contributed by atoms with Crippen molar-refractivity contribution >= 4 is 10.8 Å². The molecule has 0 aromatic heterocycles. The van der Waals surface area contributed by atoms with Gasteiger partial charge in [0.1, 0.15) is 5.75 Å². The van der Waals surface area contributed by atoms with Crippen LogP contribution in [0.1, 0.15) is 32.8 Å². The quantitative estimate of drug-likeness (QED) is 0.780. The Hall–Kier alpha value is -1.58. The van der Waals surface area contributed by atoms with E-state index in [2.05, 4.69) is 62.5 Å². The molecular weight excluding hydrogens is 274 g/mol. The van der Waals surface area contributed by atoms with Gasteiger partial charge in [-0.05, 0) is 29.2 Å². The minimum atomic E-state index is 0.122. The molecule has 0 aliphatic rings. The molecule has 2 aromatic carbocycles. The highest BCUT2D eigenvalue weighted by molar-refractivity contribution is 5.87. The van der Waals surface area contributed by atoms with E-state index >= 15 is 0 Å². The fraction of sp³-hybridized carbons (Fsp3) is 0.474. The predicted molar refractivity (Wildman–Crippen MR) is 92.3 cm³/mol. The van der Waals surface area contributed by atoms with Gasteiger partial charge in [-0.1, -0.05) is 51.1 Å². The lowest BCUT2D eigenvalue weighted by Crippen LogP contribution is -2.31. The second-order valence-corrected chi connectivity index (χ2v) is 6.14. The van der Waals surface area contributed by atoms with Gasteiger partial charge < -0.3 is 15.2 Å². The van der Waals surface area contributed by atoms with Crippen molar-refractivity contribution in [3.05, 3.63) is 42.0 Å². The molecule has 2 N–H and O–H groups in total. The van der Waals surface area contributed by atoms with Crippen molar-refractivity contribution in [1.29, 1.82) is 0 Å². The van der Waals surface area contributed by atoms with Gasteiger partial charge in [0, 0.05) is 18.2 Å². The summed E-state index contributed by atoms with van der Waals surface area (Å²) in [7, 11) is 0. The van der Waals surface area contributed by atoms with Crippen LogP contribution in [-0.4, -0.2) is 24.4 Å². The van der Waals surface area contributed by atoms with Crippen molar-refractivity contribution in [2.24, 2.45) is 5.92 Å². The summed E-state index contributed by atoms with van der Waals surface area (Å²) in [4.78, 5) is 0. The summed E-state index contributed by atoms with van der Waals surface area (Å²) in [5, 5.41) is 15.2. The zero-order valence-electron chi connectivity index (χ0n) is 13.8. The highest BCUT2D eigenvalue weighted by Gasteiger charge is 2.11. The first-order valence-corrected chi connectivity index (χ1v) is 8.13. The summed E-state index contributed by atoms with van der Waals surface area (Å²) in [5.74, 6) is 1.43. The molecule has 120 valence electrons. The molecule has 0 aliphatic heterocycles. The summed E-state index contributed by atoms with van der Waals surface area (Å²) in [6, 6.07) is 12.7. The van der Waals surface area contributed by atoms with Crippen LogP contribution in [-0.2, 0) is 6.54 Å². The van der Waals surface area contributed by atoms with E-state index in [1.807, 2.05) is 0 Å². The molecule has 1 unspecified atom stereocenters. The van der Waals surface area contributed by atoms with E-state index in [1.54, 1.807) is 0 Å². The molecule has 2 aromatic rings. The molecule has 0 heterocycles. The second kappa shape index (κ2) is 8.16. The molecule has 3 heteroatoms. The van der Waals surface area contributed by atoms with E-state index in [0.717, 1.165) is 12.2 Å². The normalized spacial score (nSPS) is 12.8. The Labute approximate surface area is 133 Å². The number of hydrogen-bond donors (Lipinski definition) is 2. The zero-order chi connectivity index (χ0) is 15.9. The maximum absolute atomic E-state index is 9.37. The Morgan fingerprint density at radius 3 is 2.59 bits per heavy atom. The third kappa shape index (κ3) is 4.21. The van der Waals surface area contributed by atoms with E-state index in [4.69, 9.17) is 4.74 Å². The van der Waals surface area contributed by atoms with Gasteiger partial charge in [0.05, 0.1) is 13.2 Å². The first kappa shape index (κ1) is 16.8. The van der Waals surface area contributed by atoms with Crippen LogP contribution in [0.15, 0.2) is 36.4 Å². The van der Waals surface area contributed by atoms with Gasteiger partial charge in [-0.25, -0.2) is 0 Å². The van der Waals surface area contributed by atoms with Crippen molar-refractivity contribution < 1.29 is 9.84 Å². The lowest BCUT2D eigenvalue weighted by molar-refractivity contribution is 0.236. The Balaban J connectivity index is 2.30. The van der Waals surface area contributed by atoms with E-state index in [0.29, 0.717) is 19.1 Å². The molecular formula is C19H27NO2. The Morgan fingerprint density at radius 1 is 1.14 bits per heavy atom. The molecule has 0 bridgehead atoms. The zero-order valence-corrected chi connectivity index (χ0v) is 13.8. The molecule has 1 atom stereocenters. The van der Waals surface area contributed by atoms with Gasteiger partial charge in [-0.15, -0.1) is 0 Å². The van der Waals surface area contributed by atoms with Crippen LogP contribution in [0.5, 0.6) is 5.75 Å². The molecule has 0 fully saturated rings. The average molecular weight is 301 g/mol. The van der Waals surface area contributed by atoms with Crippen molar-refractivity contribution in [3.8, 4) is 5.75 Å². The molecule has 0 saturated carbocycles. The van der Waals surface area contributed by atoms with Crippen molar-refractivity contribution in [2.75, 3.05) is 13.2 Å². The van der Waals surface area contributed by atoms with E-state index in [1.165, 1.54) is 16.3 Å². The van der Waals surface area contributed by atoms with Gasteiger partial charge in [0.15, 0.2) is 0 Å². The number of ether oxygens (including phenoxy) is 1. The van der Waals surface area contributed by atoms with Crippen molar-refractivity contribution in [3.63, 3.8) is 0 Å². The lowest BCUT2D eigenvalue weighted by atomic mass is 10.0. The number of nitrogens with one attached hydrogen (secondary N) is 1. The fourth-order valence-corrected chi connectivity index (χ4v) is 2.47. The molecule has 3 nitrogen and oxygen atoms in total. The highest BCUT2D eigenvalue weighted by Crippen LogP contribution is 2.28. The highest BCUT2D eigenvalue weighted by atomic mass is 16.5. The maximum Gasteiger partial charge on any atom is 0.124 e. The van der Waals surface area contributed by atoms with Crippen LogP contribution >= 0.6 is 0 Å². The summed E-state index contributed by atoms with van der Waals surface area (Å²) < 4.78 is 6.00. The SMILES string of the molecule is CCC(CO)NCc1c(OCC(C)C)ccc2ccccc12. The Kier molecular flexibility index (Phi) is 6.22. The molecule has 22 heavy (non-hydrogen) atoms. The van der Waals surface area contributed by atoms with Crippen molar-refractivity contribution in [2.45, 2.75) is 39.8 Å². The predicted octanol–water partition coefficient (Wildman–Crippen LogP) is 3.74. The fourth-order valence-electron chi connectivity index (χ4n) is 2.47.